The van der Waals surface area contributed by atoms with Crippen LogP contribution in [0.25, 0.3) is 10.4 Å². The number of anilines is 1. The SMILES string of the molecule is CC(=O)Nc1ccc(-c2cnc(Br)s2)c(S(=O)(=O)NC(C)(C)C)c1. The third kappa shape index (κ3) is 4.85. The summed E-state index contributed by atoms with van der Waals surface area (Å²) in [5.41, 5.74) is 0.321. The van der Waals surface area contributed by atoms with Gasteiger partial charge in [0.15, 0.2) is 3.92 Å². The summed E-state index contributed by atoms with van der Waals surface area (Å²) in [6, 6.07) is 4.79. The molecule has 0 radical (unpaired) electrons. The molecule has 0 fully saturated rings. The number of sulfonamides is 1. The van der Waals surface area contributed by atoms with E-state index in [0.29, 0.717) is 20.0 Å². The quantitative estimate of drug-likeness (QED) is 0.773. The first-order chi connectivity index (χ1) is 11.0. The Morgan fingerprint density at radius 1 is 1.29 bits per heavy atom. The molecule has 0 saturated heterocycles. The molecule has 6 nitrogen and oxygen atoms in total. The summed E-state index contributed by atoms with van der Waals surface area (Å²) in [4.78, 5) is 16.2. The van der Waals surface area contributed by atoms with Crippen molar-refractivity contribution < 1.29 is 13.2 Å². The van der Waals surface area contributed by atoms with Gasteiger partial charge in [-0.05, 0) is 48.8 Å². The van der Waals surface area contributed by atoms with Crippen molar-refractivity contribution in [2.24, 2.45) is 0 Å². The molecule has 1 amide bonds. The van der Waals surface area contributed by atoms with E-state index < -0.39 is 15.6 Å². The van der Waals surface area contributed by atoms with Gasteiger partial charge in [0, 0.05) is 29.9 Å². The number of amides is 1. The summed E-state index contributed by atoms with van der Waals surface area (Å²) >= 11 is 4.62. The van der Waals surface area contributed by atoms with Gasteiger partial charge >= 0.3 is 0 Å². The van der Waals surface area contributed by atoms with Crippen LogP contribution in [-0.2, 0) is 14.8 Å². The molecule has 0 aliphatic heterocycles. The smallest absolute Gasteiger partial charge is 0.241 e. The van der Waals surface area contributed by atoms with Gasteiger partial charge in [0.25, 0.3) is 0 Å². The first kappa shape index (κ1) is 19.0. The molecule has 0 saturated carbocycles. The second kappa shape index (κ2) is 6.91. The number of hydrogen-bond donors (Lipinski definition) is 2. The predicted molar refractivity (Wildman–Crippen MR) is 99.6 cm³/mol. The minimum Gasteiger partial charge on any atom is -0.326 e. The number of carbonyl (C=O) groups excluding carboxylic acids is 1. The molecule has 0 aliphatic carbocycles. The van der Waals surface area contributed by atoms with Gasteiger partial charge < -0.3 is 5.32 Å². The minimum atomic E-state index is -3.78. The molecule has 9 heteroatoms. The number of aromatic nitrogens is 1. The molecule has 0 unspecified atom stereocenters. The largest absolute Gasteiger partial charge is 0.326 e. The molecule has 0 aliphatic rings. The number of thiazole rings is 1. The van der Waals surface area contributed by atoms with Gasteiger partial charge in [-0.1, -0.05) is 6.07 Å². The summed E-state index contributed by atoms with van der Waals surface area (Å²) < 4.78 is 29.0. The number of rotatable bonds is 4. The Hall–Kier alpha value is -1.29. The van der Waals surface area contributed by atoms with Crippen molar-refractivity contribution in [2.75, 3.05) is 5.32 Å². The van der Waals surface area contributed by atoms with E-state index in [9.17, 15) is 13.2 Å². The number of nitrogens with zero attached hydrogens (tertiary/aromatic N) is 1. The van der Waals surface area contributed by atoms with E-state index in [2.05, 4.69) is 31.0 Å². The Morgan fingerprint density at radius 3 is 2.46 bits per heavy atom. The fraction of sp³-hybridized carbons (Fsp3) is 0.333. The zero-order chi connectivity index (χ0) is 18.1. The van der Waals surface area contributed by atoms with E-state index in [1.54, 1.807) is 39.1 Å². The molecule has 0 bridgehead atoms. The molecule has 1 aromatic carbocycles. The highest BCUT2D eigenvalue weighted by Crippen LogP contribution is 2.35. The van der Waals surface area contributed by atoms with Crippen LogP contribution in [0.2, 0.25) is 0 Å². The second-order valence-electron chi connectivity index (χ2n) is 6.23. The van der Waals surface area contributed by atoms with Crippen LogP contribution in [0.3, 0.4) is 0 Å². The molecule has 1 heterocycles. The highest BCUT2D eigenvalue weighted by Gasteiger charge is 2.26. The van der Waals surface area contributed by atoms with E-state index in [1.165, 1.54) is 24.3 Å². The van der Waals surface area contributed by atoms with Crippen LogP contribution >= 0.6 is 27.3 Å². The second-order valence-corrected chi connectivity index (χ2v) is 10.2. The molecule has 0 atom stereocenters. The van der Waals surface area contributed by atoms with Gasteiger partial charge in [-0.3, -0.25) is 4.79 Å². The first-order valence-electron chi connectivity index (χ1n) is 7.05. The van der Waals surface area contributed by atoms with E-state index in [-0.39, 0.29) is 10.8 Å². The van der Waals surface area contributed by atoms with Crippen molar-refractivity contribution in [3.63, 3.8) is 0 Å². The number of carbonyl (C=O) groups is 1. The van der Waals surface area contributed by atoms with Crippen LogP contribution in [0.4, 0.5) is 5.69 Å². The highest BCUT2D eigenvalue weighted by atomic mass is 79.9. The van der Waals surface area contributed by atoms with Gasteiger partial charge in [-0.2, -0.15) is 0 Å². The Morgan fingerprint density at radius 2 is 1.96 bits per heavy atom. The molecule has 0 spiro atoms. The lowest BCUT2D eigenvalue weighted by Crippen LogP contribution is -2.40. The summed E-state index contributed by atoms with van der Waals surface area (Å²) in [6.07, 6.45) is 1.61. The van der Waals surface area contributed by atoms with Crippen LogP contribution in [0.15, 0.2) is 33.2 Å². The maximum atomic E-state index is 12.8. The fourth-order valence-electron chi connectivity index (χ4n) is 2.06. The normalized spacial score (nSPS) is 12.2. The zero-order valence-corrected chi connectivity index (χ0v) is 16.9. The molecular weight excluding hydrogens is 414 g/mol. The predicted octanol–water partition coefficient (Wildman–Crippen LogP) is 3.61. The average Bonchev–Trinajstić information content (AvgIpc) is 2.82. The first-order valence-corrected chi connectivity index (χ1v) is 10.1. The van der Waals surface area contributed by atoms with Crippen molar-refractivity contribution in [2.45, 2.75) is 38.1 Å². The molecule has 1 aromatic heterocycles. The lowest BCUT2D eigenvalue weighted by Gasteiger charge is -2.22. The van der Waals surface area contributed by atoms with Gasteiger partial charge in [0.2, 0.25) is 15.9 Å². The Balaban J connectivity index is 2.61. The van der Waals surface area contributed by atoms with Gasteiger partial charge in [-0.25, -0.2) is 18.1 Å². The number of benzene rings is 1. The molecule has 2 aromatic rings. The van der Waals surface area contributed by atoms with E-state index >= 15 is 0 Å². The highest BCUT2D eigenvalue weighted by molar-refractivity contribution is 9.11. The maximum Gasteiger partial charge on any atom is 0.241 e. The molecule has 130 valence electrons. The van der Waals surface area contributed by atoms with Crippen molar-refractivity contribution in [1.29, 1.82) is 0 Å². The van der Waals surface area contributed by atoms with Crippen molar-refractivity contribution in [3.8, 4) is 10.4 Å². The maximum absolute atomic E-state index is 12.8. The summed E-state index contributed by atoms with van der Waals surface area (Å²) in [5, 5.41) is 2.61. The van der Waals surface area contributed by atoms with Crippen LogP contribution in [0, 0.1) is 0 Å². The van der Waals surface area contributed by atoms with E-state index in [1.807, 2.05) is 0 Å². The monoisotopic (exact) mass is 431 g/mol. The third-order valence-corrected chi connectivity index (χ3v) is 6.08. The lowest BCUT2D eigenvalue weighted by molar-refractivity contribution is -0.114. The fourth-order valence-corrected chi connectivity index (χ4v) is 5.10. The Bertz CT molecular complexity index is 870. The van der Waals surface area contributed by atoms with Gasteiger partial charge in [0.1, 0.15) is 0 Å². The van der Waals surface area contributed by atoms with Gasteiger partial charge in [0.05, 0.1) is 9.77 Å². The molecule has 2 N–H and O–H groups in total. The molecule has 2 rings (SSSR count). The number of nitrogens with one attached hydrogen (secondary N) is 2. The zero-order valence-electron chi connectivity index (χ0n) is 13.7. The van der Waals surface area contributed by atoms with Crippen LogP contribution in [0.1, 0.15) is 27.7 Å². The molecule has 24 heavy (non-hydrogen) atoms. The number of halogens is 1. The van der Waals surface area contributed by atoms with Crippen LogP contribution in [0.5, 0.6) is 0 Å². The topological polar surface area (TPSA) is 88.2 Å². The Labute approximate surface area is 153 Å². The van der Waals surface area contributed by atoms with Crippen LogP contribution < -0.4 is 10.0 Å². The number of hydrogen-bond acceptors (Lipinski definition) is 5. The van der Waals surface area contributed by atoms with E-state index in [0.717, 1.165) is 0 Å². The van der Waals surface area contributed by atoms with Crippen molar-refractivity contribution >= 4 is 48.9 Å². The summed E-state index contributed by atoms with van der Waals surface area (Å²) in [5.74, 6) is -0.268. The van der Waals surface area contributed by atoms with Gasteiger partial charge in [-0.15, -0.1) is 11.3 Å². The standard InChI is InChI=1S/C15H18BrN3O3S2/c1-9(20)18-10-5-6-11(12-8-17-14(16)23-12)13(7-10)24(21,22)19-15(2,3)4/h5-8,19H,1-4H3,(H,18,20). The summed E-state index contributed by atoms with van der Waals surface area (Å²) in [7, 11) is -3.78. The van der Waals surface area contributed by atoms with Crippen molar-refractivity contribution in [3.05, 3.63) is 28.3 Å². The minimum absolute atomic E-state index is 0.0971. The van der Waals surface area contributed by atoms with Crippen LogP contribution in [-0.4, -0.2) is 24.8 Å². The van der Waals surface area contributed by atoms with Crippen molar-refractivity contribution in [1.82, 2.24) is 9.71 Å². The summed E-state index contributed by atoms with van der Waals surface area (Å²) in [6.45, 7) is 6.68. The van der Waals surface area contributed by atoms with E-state index in [4.69, 9.17) is 0 Å². The Kier molecular flexibility index (Phi) is 5.48. The average molecular weight is 432 g/mol. The third-order valence-electron chi connectivity index (χ3n) is 2.77. The lowest BCUT2D eigenvalue weighted by atomic mass is 10.1. The molecular formula is C15H18BrN3O3S2.